The molecule has 0 N–H and O–H groups in total. The molecule has 1 saturated carbocycles. The normalized spacial score (nSPS) is 27.4. The van der Waals surface area contributed by atoms with E-state index in [1.54, 1.807) is 0 Å². The smallest absolute Gasteiger partial charge is 0.133 e. The van der Waals surface area contributed by atoms with Crippen molar-refractivity contribution in [3.05, 3.63) is 23.9 Å². The summed E-state index contributed by atoms with van der Waals surface area (Å²) in [7, 11) is 0. The van der Waals surface area contributed by atoms with Crippen LogP contribution in [0.4, 0.5) is 5.82 Å². The van der Waals surface area contributed by atoms with Crippen molar-refractivity contribution in [3.63, 3.8) is 0 Å². The Morgan fingerprint density at radius 1 is 1.25 bits per heavy atom. The van der Waals surface area contributed by atoms with Crippen LogP contribution in [0.2, 0.25) is 0 Å². The molecule has 0 aromatic carbocycles. The fraction of sp³-hybridized carbons (Fsp3) is 0.688. The molecule has 4 nitrogen and oxygen atoms in total. The first-order valence-corrected chi connectivity index (χ1v) is 7.91. The standard InChI is InChI=1S/C16H23N3O/c1-2-14-11-18(15-5-9-20-12-15)7-8-19(10-13-3-4-13)16(14)17-6-1/h1-2,6,13,15H,3-5,7-12H2/t15-/m0/s1. The number of pyridine rings is 1. The van der Waals surface area contributed by atoms with Crippen molar-refractivity contribution in [2.24, 2.45) is 5.92 Å². The highest BCUT2D eigenvalue weighted by Gasteiger charge is 2.31. The molecule has 0 spiro atoms. The lowest BCUT2D eigenvalue weighted by molar-refractivity contribution is 0.142. The van der Waals surface area contributed by atoms with E-state index in [1.807, 2.05) is 6.20 Å². The van der Waals surface area contributed by atoms with Crippen molar-refractivity contribution in [3.8, 4) is 0 Å². The quantitative estimate of drug-likeness (QED) is 0.841. The summed E-state index contributed by atoms with van der Waals surface area (Å²) in [5.41, 5.74) is 1.39. The maximum absolute atomic E-state index is 5.57. The van der Waals surface area contributed by atoms with Crippen LogP contribution in [0, 0.1) is 5.92 Å². The highest BCUT2D eigenvalue weighted by Crippen LogP contribution is 2.33. The van der Waals surface area contributed by atoms with Gasteiger partial charge in [0.2, 0.25) is 0 Å². The van der Waals surface area contributed by atoms with Gasteiger partial charge in [-0.05, 0) is 31.2 Å². The van der Waals surface area contributed by atoms with E-state index in [1.165, 1.54) is 37.2 Å². The highest BCUT2D eigenvalue weighted by molar-refractivity contribution is 5.48. The van der Waals surface area contributed by atoms with Crippen LogP contribution in [0.1, 0.15) is 24.8 Å². The summed E-state index contributed by atoms with van der Waals surface area (Å²) in [4.78, 5) is 9.78. The minimum Gasteiger partial charge on any atom is -0.380 e. The number of anilines is 1. The van der Waals surface area contributed by atoms with E-state index in [0.717, 1.165) is 38.8 Å². The van der Waals surface area contributed by atoms with E-state index >= 15 is 0 Å². The molecule has 20 heavy (non-hydrogen) atoms. The van der Waals surface area contributed by atoms with E-state index in [-0.39, 0.29) is 0 Å². The Bertz CT molecular complexity index is 469. The van der Waals surface area contributed by atoms with Crippen molar-refractivity contribution < 1.29 is 4.74 Å². The summed E-state index contributed by atoms with van der Waals surface area (Å²) >= 11 is 0. The van der Waals surface area contributed by atoms with Crippen molar-refractivity contribution in [2.75, 3.05) is 37.7 Å². The van der Waals surface area contributed by atoms with Gasteiger partial charge in [-0.25, -0.2) is 4.98 Å². The Kier molecular flexibility index (Phi) is 3.36. The molecule has 0 unspecified atom stereocenters. The van der Waals surface area contributed by atoms with Crippen molar-refractivity contribution >= 4 is 5.82 Å². The predicted octanol–water partition coefficient (Wildman–Crippen LogP) is 1.90. The molecule has 0 amide bonds. The SMILES string of the molecule is c1cnc2c(c1)CN([C@H]1CCOC1)CCN2CC1CC1. The maximum atomic E-state index is 5.57. The molecule has 1 saturated heterocycles. The number of nitrogens with zero attached hydrogens (tertiary/aromatic N) is 3. The second kappa shape index (κ2) is 5.34. The first-order chi connectivity index (χ1) is 9.90. The molecular formula is C16H23N3O. The van der Waals surface area contributed by atoms with Crippen LogP contribution in [0.25, 0.3) is 0 Å². The Balaban J connectivity index is 1.57. The molecule has 1 atom stereocenters. The Hall–Kier alpha value is -1.13. The predicted molar refractivity (Wildman–Crippen MR) is 78.8 cm³/mol. The molecule has 0 radical (unpaired) electrons. The Morgan fingerprint density at radius 2 is 2.20 bits per heavy atom. The minimum atomic E-state index is 0.601. The molecular weight excluding hydrogens is 250 g/mol. The fourth-order valence-corrected chi connectivity index (χ4v) is 3.40. The minimum absolute atomic E-state index is 0.601. The molecule has 1 aliphatic carbocycles. The highest BCUT2D eigenvalue weighted by atomic mass is 16.5. The molecule has 4 rings (SSSR count). The summed E-state index contributed by atoms with van der Waals surface area (Å²) in [6.07, 6.45) is 5.92. The molecule has 1 aromatic heterocycles. The average molecular weight is 273 g/mol. The topological polar surface area (TPSA) is 28.6 Å². The van der Waals surface area contributed by atoms with Crippen LogP contribution >= 0.6 is 0 Å². The monoisotopic (exact) mass is 273 g/mol. The van der Waals surface area contributed by atoms with Crippen molar-refractivity contribution in [2.45, 2.75) is 31.8 Å². The second-order valence-corrected chi connectivity index (χ2v) is 6.36. The van der Waals surface area contributed by atoms with Gasteiger partial charge in [-0.2, -0.15) is 0 Å². The van der Waals surface area contributed by atoms with Crippen LogP contribution in [0.5, 0.6) is 0 Å². The zero-order valence-electron chi connectivity index (χ0n) is 12.0. The lowest BCUT2D eigenvalue weighted by Crippen LogP contribution is -2.39. The van der Waals surface area contributed by atoms with E-state index in [2.05, 4.69) is 26.9 Å². The van der Waals surface area contributed by atoms with E-state index in [9.17, 15) is 0 Å². The average Bonchev–Trinajstić information content (AvgIpc) is 3.17. The third-order valence-corrected chi connectivity index (χ3v) is 4.80. The molecule has 2 fully saturated rings. The Labute approximate surface area is 120 Å². The molecule has 2 aliphatic heterocycles. The molecule has 0 bridgehead atoms. The number of fused-ring (bicyclic) bond motifs is 1. The van der Waals surface area contributed by atoms with Gasteiger partial charge < -0.3 is 9.64 Å². The number of ether oxygens (including phenoxy) is 1. The van der Waals surface area contributed by atoms with Crippen LogP contribution in [0.15, 0.2) is 18.3 Å². The van der Waals surface area contributed by atoms with Gasteiger partial charge >= 0.3 is 0 Å². The van der Waals surface area contributed by atoms with E-state index in [0.29, 0.717) is 6.04 Å². The van der Waals surface area contributed by atoms with E-state index in [4.69, 9.17) is 4.74 Å². The van der Waals surface area contributed by atoms with Gasteiger partial charge in [0.05, 0.1) is 6.61 Å². The Morgan fingerprint density at radius 3 is 3.00 bits per heavy atom. The summed E-state index contributed by atoms with van der Waals surface area (Å²) in [5.74, 6) is 2.13. The third kappa shape index (κ3) is 2.54. The summed E-state index contributed by atoms with van der Waals surface area (Å²) < 4.78 is 5.57. The van der Waals surface area contributed by atoms with Crippen molar-refractivity contribution in [1.29, 1.82) is 0 Å². The largest absolute Gasteiger partial charge is 0.380 e. The van der Waals surface area contributed by atoms with Gasteiger partial charge in [0.15, 0.2) is 0 Å². The molecule has 108 valence electrons. The van der Waals surface area contributed by atoms with Crippen LogP contribution in [0.3, 0.4) is 0 Å². The lowest BCUT2D eigenvalue weighted by atomic mass is 10.2. The van der Waals surface area contributed by atoms with Gasteiger partial charge in [0, 0.05) is 50.6 Å². The zero-order valence-corrected chi connectivity index (χ0v) is 12.0. The lowest BCUT2D eigenvalue weighted by Gasteiger charge is -2.26. The number of aromatic nitrogens is 1. The van der Waals surface area contributed by atoms with Crippen LogP contribution < -0.4 is 4.90 Å². The number of hydrogen-bond donors (Lipinski definition) is 0. The van der Waals surface area contributed by atoms with E-state index < -0.39 is 0 Å². The fourth-order valence-electron chi connectivity index (χ4n) is 3.40. The first kappa shape index (κ1) is 12.6. The van der Waals surface area contributed by atoms with Gasteiger partial charge in [-0.3, -0.25) is 4.90 Å². The molecule has 4 heteroatoms. The number of hydrogen-bond acceptors (Lipinski definition) is 4. The summed E-state index contributed by atoms with van der Waals surface area (Å²) in [5, 5.41) is 0. The van der Waals surface area contributed by atoms with Gasteiger partial charge in [-0.1, -0.05) is 6.07 Å². The number of rotatable bonds is 3. The van der Waals surface area contributed by atoms with Crippen LogP contribution in [-0.4, -0.2) is 48.8 Å². The molecule has 3 aliphatic rings. The van der Waals surface area contributed by atoms with Gasteiger partial charge in [0.1, 0.15) is 5.82 Å². The molecule has 3 heterocycles. The van der Waals surface area contributed by atoms with Crippen molar-refractivity contribution in [1.82, 2.24) is 9.88 Å². The van der Waals surface area contributed by atoms with Gasteiger partial charge in [0.25, 0.3) is 0 Å². The molecule has 1 aromatic rings. The summed E-state index contributed by atoms with van der Waals surface area (Å²) in [6, 6.07) is 4.92. The summed E-state index contributed by atoms with van der Waals surface area (Å²) in [6.45, 7) is 6.29. The van der Waals surface area contributed by atoms with Gasteiger partial charge in [-0.15, -0.1) is 0 Å². The maximum Gasteiger partial charge on any atom is 0.133 e. The second-order valence-electron chi connectivity index (χ2n) is 6.36. The zero-order chi connectivity index (χ0) is 13.4. The first-order valence-electron chi connectivity index (χ1n) is 7.91. The van der Waals surface area contributed by atoms with Crippen LogP contribution in [-0.2, 0) is 11.3 Å². The third-order valence-electron chi connectivity index (χ3n) is 4.80.